The van der Waals surface area contributed by atoms with Crippen LogP contribution in [0, 0.1) is 0 Å². The molecule has 0 aliphatic rings. The number of rotatable bonds is 0. The van der Waals surface area contributed by atoms with E-state index in [2.05, 4.69) is 9.97 Å². The summed E-state index contributed by atoms with van der Waals surface area (Å²) in [5.74, 6) is 0. The molecule has 0 amide bonds. The molecule has 0 spiro atoms. The largest absolute Gasteiger partial charge is 0.351 e. The molecule has 2 nitrogen and oxygen atoms in total. The summed E-state index contributed by atoms with van der Waals surface area (Å²) in [6, 6.07) is 0. The number of nitrogens with one attached hydrogen (secondary N) is 1. The van der Waals surface area contributed by atoms with Crippen molar-refractivity contribution in [2.45, 2.75) is 0 Å². The molecule has 4 radical (unpaired) electrons. The summed E-state index contributed by atoms with van der Waals surface area (Å²) in [5.41, 5.74) is 0. The van der Waals surface area contributed by atoms with Gasteiger partial charge in [-0.2, -0.15) is 0 Å². The van der Waals surface area contributed by atoms with Crippen LogP contribution >= 0.6 is 0 Å². The van der Waals surface area contributed by atoms with E-state index >= 15 is 0 Å². The van der Waals surface area contributed by atoms with Crippen molar-refractivity contribution in [3.63, 3.8) is 0 Å². The molecular formula is C3H4BCoN2. The van der Waals surface area contributed by atoms with Gasteiger partial charge in [0.25, 0.3) is 0 Å². The SMILES string of the molecule is [B].[Co].c1c[nH]cn1. The molecule has 1 aromatic heterocycles. The zero-order chi connectivity index (χ0) is 3.54. The van der Waals surface area contributed by atoms with Crippen LogP contribution in [0.3, 0.4) is 0 Å². The number of H-pyrrole nitrogens is 1. The Balaban J connectivity index is 0. The fourth-order valence-electron chi connectivity index (χ4n) is 0.215. The third kappa shape index (κ3) is 3.62. The van der Waals surface area contributed by atoms with Crippen molar-refractivity contribution in [2.24, 2.45) is 0 Å². The summed E-state index contributed by atoms with van der Waals surface area (Å²) in [5, 5.41) is 0. The normalized spacial score (nSPS) is 5.71. The average Bonchev–Trinajstić information content (AvgIpc) is 1.76. The van der Waals surface area contributed by atoms with Gasteiger partial charge in [-0.25, -0.2) is 4.98 Å². The first-order valence-corrected chi connectivity index (χ1v) is 1.43. The molecule has 1 N–H and O–H groups in total. The van der Waals surface area contributed by atoms with Gasteiger partial charge in [-0.3, -0.25) is 0 Å². The van der Waals surface area contributed by atoms with Crippen LogP contribution in [0.4, 0.5) is 0 Å². The molecular weight excluding hydrogens is 134 g/mol. The molecule has 0 bridgehead atoms. The minimum Gasteiger partial charge on any atom is -0.351 e. The standard InChI is InChI=1S/C3H4N2.B.Co/c1-2-5-3-4-1;;/h1-3H,(H,4,5);;. The van der Waals surface area contributed by atoms with Crippen LogP contribution in [-0.4, -0.2) is 18.4 Å². The predicted octanol–water partition coefficient (Wildman–Crippen LogP) is 0.0264. The zero-order valence-electron chi connectivity index (χ0n) is 3.59. The Morgan fingerprint density at radius 2 is 2.14 bits per heavy atom. The molecule has 0 unspecified atom stereocenters. The number of nitrogens with zero attached hydrogens (tertiary/aromatic N) is 1. The molecule has 1 heterocycles. The van der Waals surface area contributed by atoms with E-state index in [4.69, 9.17) is 0 Å². The Labute approximate surface area is 54.5 Å². The van der Waals surface area contributed by atoms with Crippen LogP contribution in [0.1, 0.15) is 0 Å². The minimum absolute atomic E-state index is 0. The van der Waals surface area contributed by atoms with Gasteiger partial charge in [0.2, 0.25) is 0 Å². The van der Waals surface area contributed by atoms with Crippen molar-refractivity contribution in [1.82, 2.24) is 9.97 Å². The van der Waals surface area contributed by atoms with Gasteiger partial charge in [-0.1, -0.05) is 0 Å². The topological polar surface area (TPSA) is 28.7 Å². The monoisotopic (exact) mass is 138 g/mol. The third-order valence-corrected chi connectivity index (χ3v) is 0.406. The number of imidazole rings is 1. The van der Waals surface area contributed by atoms with E-state index in [0.29, 0.717) is 0 Å². The summed E-state index contributed by atoms with van der Waals surface area (Å²) >= 11 is 0. The van der Waals surface area contributed by atoms with E-state index in [1.54, 1.807) is 18.7 Å². The van der Waals surface area contributed by atoms with Gasteiger partial charge in [0.15, 0.2) is 0 Å². The van der Waals surface area contributed by atoms with Crippen molar-refractivity contribution < 1.29 is 16.8 Å². The van der Waals surface area contributed by atoms with E-state index in [0.717, 1.165) is 0 Å². The molecule has 7 heavy (non-hydrogen) atoms. The number of hydrogen-bond acceptors (Lipinski definition) is 1. The molecule has 1 rings (SSSR count). The average molecular weight is 138 g/mol. The number of hydrogen-bond donors (Lipinski definition) is 1. The van der Waals surface area contributed by atoms with E-state index in [1.165, 1.54) is 0 Å². The van der Waals surface area contributed by atoms with Gasteiger partial charge in [0.05, 0.1) is 6.33 Å². The van der Waals surface area contributed by atoms with Gasteiger partial charge < -0.3 is 4.98 Å². The van der Waals surface area contributed by atoms with Crippen molar-refractivity contribution in [3.8, 4) is 0 Å². The van der Waals surface area contributed by atoms with Crippen molar-refractivity contribution in [2.75, 3.05) is 0 Å². The first-order chi connectivity index (χ1) is 2.50. The minimum atomic E-state index is 0. The van der Waals surface area contributed by atoms with Crippen LogP contribution < -0.4 is 0 Å². The first-order valence-electron chi connectivity index (χ1n) is 1.43. The Bertz CT molecular complexity index is 69.4. The van der Waals surface area contributed by atoms with Gasteiger partial charge in [-0.15, -0.1) is 0 Å². The van der Waals surface area contributed by atoms with Crippen LogP contribution in [-0.2, 0) is 16.8 Å². The van der Waals surface area contributed by atoms with Crippen molar-refractivity contribution in [1.29, 1.82) is 0 Å². The summed E-state index contributed by atoms with van der Waals surface area (Å²) in [6.07, 6.45) is 5.08. The molecule has 0 aromatic carbocycles. The van der Waals surface area contributed by atoms with Crippen molar-refractivity contribution in [3.05, 3.63) is 18.7 Å². The summed E-state index contributed by atoms with van der Waals surface area (Å²) < 4.78 is 0. The maximum absolute atomic E-state index is 3.67. The first kappa shape index (κ1) is 9.91. The van der Waals surface area contributed by atoms with Crippen LogP contribution in [0.25, 0.3) is 0 Å². The van der Waals surface area contributed by atoms with Gasteiger partial charge in [0.1, 0.15) is 0 Å². The molecule has 0 saturated heterocycles. The second-order valence-corrected chi connectivity index (χ2v) is 0.761. The van der Waals surface area contributed by atoms with Crippen LogP contribution in [0.15, 0.2) is 18.7 Å². The van der Waals surface area contributed by atoms with E-state index in [1.807, 2.05) is 0 Å². The predicted molar refractivity (Wildman–Crippen MR) is 24.3 cm³/mol. The fraction of sp³-hybridized carbons (Fsp3) is 0. The molecule has 0 saturated carbocycles. The molecule has 4 heteroatoms. The van der Waals surface area contributed by atoms with Gasteiger partial charge in [0, 0.05) is 37.6 Å². The summed E-state index contributed by atoms with van der Waals surface area (Å²) in [7, 11) is 0. The molecule has 38 valence electrons. The Kier molecular flexibility index (Phi) is 8.19. The van der Waals surface area contributed by atoms with Crippen molar-refractivity contribution >= 4 is 8.41 Å². The van der Waals surface area contributed by atoms with E-state index < -0.39 is 0 Å². The summed E-state index contributed by atoms with van der Waals surface area (Å²) in [6.45, 7) is 0. The maximum atomic E-state index is 3.67. The smallest absolute Gasteiger partial charge is 0.0919 e. The second kappa shape index (κ2) is 5.78. The second-order valence-electron chi connectivity index (χ2n) is 0.761. The summed E-state index contributed by atoms with van der Waals surface area (Å²) in [4.78, 5) is 6.42. The quantitative estimate of drug-likeness (QED) is 0.503. The van der Waals surface area contributed by atoms with E-state index in [-0.39, 0.29) is 25.2 Å². The maximum Gasteiger partial charge on any atom is 0.0919 e. The molecule has 0 aliphatic heterocycles. The Hall–Kier alpha value is -0.219. The van der Waals surface area contributed by atoms with Gasteiger partial charge in [-0.05, 0) is 0 Å². The van der Waals surface area contributed by atoms with E-state index in [9.17, 15) is 0 Å². The third-order valence-electron chi connectivity index (χ3n) is 0.406. The number of aromatic amines is 1. The zero-order valence-corrected chi connectivity index (χ0v) is 4.63. The van der Waals surface area contributed by atoms with Crippen LogP contribution in [0.5, 0.6) is 0 Å². The molecule has 0 atom stereocenters. The van der Waals surface area contributed by atoms with Crippen LogP contribution in [0.2, 0.25) is 0 Å². The Morgan fingerprint density at radius 1 is 1.43 bits per heavy atom. The van der Waals surface area contributed by atoms with Gasteiger partial charge >= 0.3 is 0 Å². The molecule has 0 fully saturated rings. The molecule has 0 aliphatic carbocycles. The Morgan fingerprint density at radius 3 is 2.29 bits per heavy atom. The fourth-order valence-corrected chi connectivity index (χ4v) is 0.215. The number of aromatic nitrogens is 2. The molecule has 1 aromatic rings.